The number of rotatable bonds is 6. The first-order valence-electron chi connectivity index (χ1n) is 9.42. The van der Waals surface area contributed by atoms with Gasteiger partial charge in [-0.15, -0.1) is 0 Å². The highest BCUT2D eigenvalue weighted by Gasteiger charge is 2.27. The van der Waals surface area contributed by atoms with Crippen LogP contribution in [0.15, 0.2) is 54.6 Å². The number of carbonyl (C=O) groups excluding carboxylic acids is 3. The number of para-hydroxylation sites is 2. The summed E-state index contributed by atoms with van der Waals surface area (Å²) in [7, 11) is 0. The van der Waals surface area contributed by atoms with Crippen molar-refractivity contribution in [3.8, 4) is 0 Å². The topological polar surface area (TPSA) is 66.9 Å². The fourth-order valence-corrected chi connectivity index (χ4v) is 3.38. The minimum absolute atomic E-state index is 0.00798. The number of esters is 1. The van der Waals surface area contributed by atoms with Crippen LogP contribution in [-0.2, 0) is 14.3 Å². The molecule has 6 heteroatoms. The Morgan fingerprint density at radius 1 is 1.07 bits per heavy atom. The molecule has 0 unspecified atom stereocenters. The van der Waals surface area contributed by atoms with Gasteiger partial charge in [0, 0.05) is 24.7 Å². The number of anilines is 2. The highest BCUT2D eigenvalue weighted by Crippen LogP contribution is 2.26. The van der Waals surface area contributed by atoms with Gasteiger partial charge in [0.15, 0.2) is 6.61 Å². The molecule has 0 radical (unpaired) electrons. The monoisotopic (exact) mass is 380 g/mol. The van der Waals surface area contributed by atoms with E-state index in [9.17, 15) is 14.4 Å². The largest absolute Gasteiger partial charge is 0.452 e. The Balaban J connectivity index is 1.72. The fraction of sp³-hybridized carbons (Fsp3) is 0.318. The van der Waals surface area contributed by atoms with Crippen molar-refractivity contribution >= 4 is 29.2 Å². The number of ether oxygens (including phenoxy) is 1. The minimum atomic E-state index is -0.611. The second kappa shape index (κ2) is 8.69. The number of benzene rings is 2. The van der Waals surface area contributed by atoms with E-state index in [2.05, 4.69) is 0 Å². The normalized spacial score (nSPS) is 13.7. The third-order valence-corrected chi connectivity index (χ3v) is 4.63. The summed E-state index contributed by atoms with van der Waals surface area (Å²) in [6.07, 6.45) is 1.24. The third kappa shape index (κ3) is 4.22. The van der Waals surface area contributed by atoms with Crippen molar-refractivity contribution in [2.24, 2.45) is 0 Å². The lowest BCUT2D eigenvalue weighted by atomic mass is 10.1. The molecule has 0 N–H and O–H groups in total. The molecule has 2 amide bonds. The molecule has 28 heavy (non-hydrogen) atoms. The molecule has 0 saturated carbocycles. The SMILES string of the molecule is CC(C)N(C(=O)COC(=O)c1ccccc1N1CCCC1=O)c1ccccc1. The molecule has 1 aliphatic heterocycles. The van der Waals surface area contributed by atoms with Gasteiger partial charge in [0.05, 0.1) is 11.3 Å². The Bertz CT molecular complexity index is 864. The van der Waals surface area contributed by atoms with Crippen molar-refractivity contribution in [2.75, 3.05) is 23.0 Å². The summed E-state index contributed by atoms with van der Waals surface area (Å²) < 4.78 is 5.31. The Labute approximate surface area is 164 Å². The zero-order valence-electron chi connectivity index (χ0n) is 16.1. The molecule has 1 heterocycles. The number of carbonyl (C=O) groups is 3. The summed E-state index contributed by atoms with van der Waals surface area (Å²) in [5.74, 6) is -0.920. The van der Waals surface area contributed by atoms with Crippen molar-refractivity contribution in [1.29, 1.82) is 0 Å². The summed E-state index contributed by atoms with van der Waals surface area (Å²) in [6.45, 7) is 4.02. The maximum atomic E-state index is 12.7. The van der Waals surface area contributed by atoms with Crippen LogP contribution < -0.4 is 9.80 Å². The Morgan fingerprint density at radius 2 is 1.75 bits per heavy atom. The molecule has 3 rings (SSSR count). The van der Waals surface area contributed by atoms with E-state index in [1.807, 2.05) is 44.2 Å². The summed E-state index contributed by atoms with van der Waals surface area (Å²) in [6, 6.07) is 16.0. The number of hydrogen-bond acceptors (Lipinski definition) is 4. The number of nitrogens with zero attached hydrogens (tertiary/aromatic N) is 2. The molecule has 0 atom stereocenters. The lowest BCUT2D eigenvalue weighted by molar-refractivity contribution is -0.122. The second-order valence-corrected chi connectivity index (χ2v) is 6.94. The fourth-order valence-electron chi connectivity index (χ4n) is 3.38. The van der Waals surface area contributed by atoms with E-state index in [-0.39, 0.29) is 24.5 Å². The van der Waals surface area contributed by atoms with E-state index in [1.54, 1.807) is 34.1 Å². The van der Waals surface area contributed by atoms with Gasteiger partial charge in [-0.3, -0.25) is 9.59 Å². The molecule has 146 valence electrons. The van der Waals surface area contributed by atoms with Crippen LogP contribution >= 0.6 is 0 Å². The molecule has 1 saturated heterocycles. The second-order valence-electron chi connectivity index (χ2n) is 6.94. The zero-order chi connectivity index (χ0) is 20.1. The molecule has 0 aromatic heterocycles. The molecule has 0 aliphatic carbocycles. The average molecular weight is 380 g/mol. The standard InChI is InChI=1S/C22H24N2O4/c1-16(2)24(17-9-4-3-5-10-17)21(26)15-28-22(27)18-11-6-7-12-19(18)23-14-8-13-20(23)25/h3-7,9-12,16H,8,13-15H2,1-2H3. The average Bonchev–Trinajstić information content (AvgIpc) is 3.12. The van der Waals surface area contributed by atoms with E-state index < -0.39 is 5.97 Å². The van der Waals surface area contributed by atoms with Crippen LogP contribution in [0.25, 0.3) is 0 Å². The molecular formula is C22H24N2O4. The van der Waals surface area contributed by atoms with Gasteiger partial charge in [0.25, 0.3) is 5.91 Å². The quantitative estimate of drug-likeness (QED) is 0.721. The zero-order valence-corrected chi connectivity index (χ0v) is 16.1. The summed E-state index contributed by atoms with van der Waals surface area (Å²) in [5.41, 5.74) is 1.58. The molecular weight excluding hydrogens is 356 g/mol. The van der Waals surface area contributed by atoms with Crippen molar-refractivity contribution in [1.82, 2.24) is 0 Å². The van der Waals surface area contributed by atoms with Crippen LogP contribution in [0.1, 0.15) is 37.0 Å². The maximum Gasteiger partial charge on any atom is 0.340 e. The summed E-state index contributed by atoms with van der Waals surface area (Å²) in [4.78, 5) is 40.6. The molecule has 0 spiro atoms. The molecule has 1 aliphatic rings. The first kappa shape index (κ1) is 19.6. The van der Waals surface area contributed by atoms with Crippen molar-refractivity contribution < 1.29 is 19.1 Å². The predicted molar refractivity (Wildman–Crippen MR) is 107 cm³/mol. The van der Waals surface area contributed by atoms with E-state index in [1.165, 1.54) is 0 Å². The molecule has 1 fully saturated rings. The molecule has 2 aromatic rings. The van der Waals surface area contributed by atoms with Crippen molar-refractivity contribution in [3.05, 3.63) is 60.2 Å². The van der Waals surface area contributed by atoms with Crippen LogP contribution in [0, 0.1) is 0 Å². The van der Waals surface area contributed by atoms with Crippen LogP contribution in [-0.4, -0.2) is 37.0 Å². The molecule has 2 aromatic carbocycles. The van der Waals surface area contributed by atoms with E-state index >= 15 is 0 Å². The van der Waals surface area contributed by atoms with E-state index in [0.29, 0.717) is 24.2 Å². The van der Waals surface area contributed by atoms with Gasteiger partial charge >= 0.3 is 5.97 Å². The van der Waals surface area contributed by atoms with Gasteiger partial charge in [0.2, 0.25) is 5.91 Å². The highest BCUT2D eigenvalue weighted by molar-refractivity contribution is 6.04. The van der Waals surface area contributed by atoms with Crippen molar-refractivity contribution in [3.63, 3.8) is 0 Å². The first-order chi connectivity index (χ1) is 13.5. The first-order valence-corrected chi connectivity index (χ1v) is 9.42. The van der Waals surface area contributed by atoms with Gasteiger partial charge in [-0.05, 0) is 44.5 Å². The Hall–Kier alpha value is -3.15. The Kier molecular flexibility index (Phi) is 6.09. The van der Waals surface area contributed by atoms with Gasteiger partial charge < -0.3 is 14.5 Å². The van der Waals surface area contributed by atoms with Crippen LogP contribution in [0.5, 0.6) is 0 Å². The van der Waals surface area contributed by atoms with Crippen LogP contribution in [0.2, 0.25) is 0 Å². The minimum Gasteiger partial charge on any atom is -0.452 e. The van der Waals surface area contributed by atoms with E-state index in [0.717, 1.165) is 12.1 Å². The van der Waals surface area contributed by atoms with E-state index in [4.69, 9.17) is 4.74 Å². The highest BCUT2D eigenvalue weighted by atomic mass is 16.5. The lowest BCUT2D eigenvalue weighted by Crippen LogP contribution is -2.40. The van der Waals surface area contributed by atoms with Gasteiger partial charge in [-0.2, -0.15) is 0 Å². The number of hydrogen-bond donors (Lipinski definition) is 0. The lowest BCUT2D eigenvalue weighted by Gasteiger charge is -2.26. The number of amides is 2. The van der Waals surface area contributed by atoms with Gasteiger partial charge in [-0.1, -0.05) is 30.3 Å². The molecule has 6 nitrogen and oxygen atoms in total. The summed E-state index contributed by atoms with van der Waals surface area (Å²) in [5, 5.41) is 0. The Morgan fingerprint density at radius 3 is 2.39 bits per heavy atom. The summed E-state index contributed by atoms with van der Waals surface area (Å²) >= 11 is 0. The van der Waals surface area contributed by atoms with Crippen molar-refractivity contribution in [2.45, 2.75) is 32.7 Å². The third-order valence-electron chi connectivity index (χ3n) is 4.63. The van der Waals surface area contributed by atoms with Crippen LogP contribution in [0.4, 0.5) is 11.4 Å². The molecule has 0 bridgehead atoms. The van der Waals surface area contributed by atoms with Gasteiger partial charge in [-0.25, -0.2) is 4.79 Å². The van der Waals surface area contributed by atoms with Gasteiger partial charge in [0.1, 0.15) is 0 Å². The van der Waals surface area contributed by atoms with Crippen LogP contribution in [0.3, 0.4) is 0 Å². The predicted octanol–water partition coefficient (Wildman–Crippen LogP) is 3.41. The smallest absolute Gasteiger partial charge is 0.340 e. The maximum absolute atomic E-state index is 12.7.